The highest BCUT2D eigenvalue weighted by Gasteiger charge is 2.26. The monoisotopic (exact) mass is 227 g/mol. The topological polar surface area (TPSA) is 46.2 Å². The zero-order valence-corrected chi connectivity index (χ0v) is 9.29. The summed E-state index contributed by atoms with van der Waals surface area (Å²) in [5, 5.41) is 7.26. The zero-order chi connectivity index (χ0) is 10.7. The first-order valence-corrected chi connectivity index (χ1v) is 5.28. The van der Waals surface area contributed by atoms with Crippen LogP contribution in [-0.2, 0) is 4.74 Å². The number of ether oxygens (including phenoxy) is 1. The molecule has 0 spiro atoms. The molecule has 1 aromatic heterocycles. The molecule has 82 valence electrons. The summed E-state index contributed by atoms with van der Waals surface area (Å²) in [6, 6.07) is 2.13. The minimum atomic E-state index is 0.189. The highest BCUT2D eigenvalue weighted by molar-refractivity contribution is 6.33. The minimum absolute atomic E-state index is 0.189. The van der Waals surface area contributed by atoms with Crippen LogP contribution >= 0.6 is 11.6 Å². The molecule has 1 aliphatic heterocycles. The molecule has 0 aliphatic carbocycles. The van der Waals surface area contributed by atoms with Gasteiger partial charge in [-0.25, -0.2) is 0 Å². The summed E-state index contributed by atoms with van der Waals surface area (Å²) in [6.07, 6.45) is 3.54. The summed E-state index contributed by atoms with van der Waals surface area (Å²) < 4.78 is 5.35. The van der Waals surface area contributed by atoms with Crippen LogP contribution in [0, 0.1) is 0 Å². The van der Waals surface area contributed by atoms with Crippen LogP contribution in [0.2, 0.25) is 5.02 Å². The molecule has 2 heterocycles. The van der Waals surface area contributed by atoms with Crippen LogP contribution in [0.3, 0.4) is 0 Å². The van der Waals surface area contributed by atoms with Gasteiger partial charge in [0.1, 0.15) is 0 Å². The summed E-state index contributed by atoms with van der Waals surface area (Å²) in [7, 11) is 1.72. The number of nitrogens with zero attached hydrogens (tertiary/aromatic N) is 1. The molecule has 0 saturated carbocycles. The number of halogens is 1. The third-order valence-electron chi connectivity index (χ3n) is 2.57. The molecule has 1 aliphatic rings. The van der Waals surface area contributed by atoms with Gasteiger partial charge in [-0.15, -0.1) is 0 Å². The van der Waals surface area contributed by atoms with Gasteiger partial charge in [-0.05, 0) is 6.07 Å². The van der Waals surface area contributed by atoms with Gasteiger partial charge in [0.2, 0.25) is 0 Å². The Bertz CT molecular complexity index is 334. The summed E-state index contributed by atoms with van der Waals surface area (Å²) in [5.41, 5.74) is 0.905. The largest absolute Gasteiger partial charge is 0.378 e. The van der Waals surface area contributed by atoms with Crippen LogP contribution in [-0.4, -0.2) is 37.3 Å². The number of nitrogens with one attached hydrogen (secondary N) is 2. The SMILES string of the molecule is CO[C@H]1CNCC1Nc1ccncc1Cl. The molecule has 4 nitrogen and oxygen atoms in total. The molecule has 1 saturated heterocycles. The second kappa shape index (κ2) is 4.79. The molecular formula is C10H14ClN3O. The quantitative estimate of drug-likeness (QED) is 0.813. The molecular weight excluding hydrogens is 214 g/mol. The zero-order valence-electron chi connectivity index (χ0n) is 8.53. The number of aromatic nitrogens is 1. The molecule has 1 aromatic rings. The summed E-state index contributed by atoms with van der Waals surface area (Å²) in [6.45, 7) is 1.76. The van der Waals surface area contributed by atoms with E-state index in [9.17, 15) is 0 Å². The Hall–Kier alpha value is -0.840. The van der Waals surface area contributed by atoms with Crippen molar-refractivity contribution in [2.75, 3.05) is 25.5 Å². The lowest BCUT2D eigenvalue weighted by atomic mass is 10.2. The van der Waals surface area contributed by atoms with Crippen molar-refractivity contribution < 1.29 is 4.74 Å². The molecule has 0 aromatic carbocycles. The van der Waals surface area contributed by atoms with Crippen molar-refractivity contribution in [2.45, 2.75) is 12.1 Å². The summed E-state index contributed by atoms with van der Waals surface area (Å²) in [4.78, 5) is 3.94. The van der Waals surface area contributed by atoms with Crippen molar-refractivity contribution in [3.05, 3.63) is 23.5 Å². The van der Waals surface area contributed by atoms with Crippen LogP contribution in [0.4, 0.5) is 5.69 Å². The van der Waals surface area contributed by atoms with Gasteiger partial charge in [-0.2, -0.15) is 0 Å². The Balaban J connectivity index is 2.05. The smallest absolute Gasteiger partial charge is 0.0908 e. The molecule has 15 heavy (non-hydrogen) atoms. The Morgan fingerprint density at radius 1 is 1.60 bits per heavy atom. The fraction of sp³-hybridized carbons (Fsp3) is 0.500. The molecule has 2 N–H and O–H groups in total. The highest BCUT2D eigenvalue weighted by Crippen LogP contribution is 2.21. The Morgan fingerprint density at radius 3 is 3.20 bits per heavy atom. The Morgan fingerprint density at radius 2 is 2.47 bits per heavy atom. The Labute approximate surface area is 94.0 Å². The molecule has 0 bridgehead atoms. The summed E-state index contributed by atoms with van der Waals surface area (Å²) in [5.74, 6) is 0. The van der Waals surface area contributed by atoms with E-state index in [1.807, 2.05) is 6.07 Å². The van der Waals surface area contributed by atoms with Crippen molar-refractivity contribution in [1.82, 2.24) is 10.3 Å². The first-order chi connectivity index (χ1) is 7.31. The van der Waals surface area contributed by atoms with Gasteiger partial charge < -0.3 is 15.4 Å². The first kappa shape index (κ1) is 10.7. The molecule has 1 fully saturated rings. The molecule has 1 unspecified atom stereocenters. The maximum Gasteiger partial charge on any atom is 0.0908 e. The van der Waals surface area contributed by atoms with Crippen molar-refractivity contribution in [1.29, 1.82) is 0 Å². The second-order valence-electron chi connectivity index (χ2n) is 3.54. The predicted octanol–water partition coefficient (Wildman–Crippen LogP) is 1.13. The average molecular weight is 228 g/mol. The van der Waals surface area contributed by atoms with E-state index in [4.69, 9.17) is 16.3 Å². The van der Waals surface area contributed by atoms with Gasteiger partial charge in [0.15, 0.2) is 0 Å². The lowest BCUT2D eigenvalue weighted by molar-refractivity contribution is 0.112. The van der Waals surface area contributed by atoms with E-state index in [1.165, 1.54) is 0 Å². The van der Waals surface area contributed by atoms with Gasteiger partial charge in [0.25, 0.3) is 0 Å². The molecule has 5 heteroatoms. The van der Waals surface area contributed by atoms with E-state index in [-0.39, 0.29) is 12.1 Å². The minimum Gasteiger partial charge on any atom is -0.378 e. The van der Waals surface area contributed by atoms with Crippen LogP contribution in [0.15, 0.2) is 18.5 Å². The van der Waals surface area contributed by atoms with Gasteiger partial charge in [-0.3, -0.25) is 4.98 Å². The van der Waals surface area contributed by atoms with Crippen LogP contribution < -0.4 is 10.6 Å². The second-order valence-corrected chi connectivity index (χ2v) is 3.95. The normalized spacial score (nSPS) is 25.5. The van der Waals surface area contributed by atoms with Crippen LogP contribution in [0.1, 0.15) is 0 Å². The van der Waals surface area contributed by atoms with E-state index >= 15 is 0 Å². The van der Waals surface area contributed by atoms with Crippen LogP contribution in [0.25, 0.3) is 0 Å². The van der Waals surface area contributed by atoms with Gasteiger partial charge in [0.05, 0.1) is 22.9 Å². The lowest BCUT2D eigenvalue weighted by Gasteiger charge is -2.20. The number of hydrogen-bond acceptors (Lipinski definition) is 4. The predicted molar refractivity (Wildman–Crippen MR) is 60.3 cm³/mol. The number of hydrogen-bond donors (Lipinski definition) is 2. The van der Waals surface area contributed by atoms with Crippen molar-refractivity contribution in [3.8, 4) is 0 Å². The van der Waals surface area contributed by atoms with Gasteiger partial charge >= 0.3 is 0 Å². The number of methoxy groups -OCH3 is 1. The molecule has 2 atom stereocenters. The third-order valence-corrected chi connectivity index (χ3v) is 2.88. The maximum atomic E-state index is 6.01. The maximum absolute atomic E-state index is 6.01. The van der Waals surface area contributed by atoms with E-state index in [0.717, 1.165) is 18.8 Å². The van der Waals surface area contributed by atoms with Crippen molar-refractivity contribution in [2.24, 2.45) is 0 Å². The van der Waals surface area contributed by atoms with Crippen LogP contribution in [0.5, 0.6) is 0 Å². The van der Waals surface area contributed by atoms with E-state index < -0.39 is 0 Å². The fourth-order valence-corrected chi connectivity index (χ4v) is 1.91. The standard InChI is InChI=1S/C10H14ClN3O/c1-15-10-6-13-5-9(10)14-8-2-3-12-4-7(8)11/h2-4,9-10,13H,5-6H2,1H3,(H,12,14)/t9?,10-/m0/s1. The third kappa shape index (κ3) is 2.40. The lowest BCUT2D eigenvalue weighted by Crippen LogP contribution is -2.33. The molecule has 2 rings (SSSR count). The first-order valence-electron chi connectivity index (χ1n) is 4.91. The van der Waals surface area contributed by atoms with E-state index in [1.54, 1.807) is 19.5 Å². The summed E-state index contributed by atoms with van der Waals surface area (Å²) >= 11 is 6.01. The molecule has 0 radical (unpaired) electrons. The average Bonchev–Trinajstić information content (AvgIpc) is 2.69. The number of pyridine rings is 1. The molecule has 0 amide bonds. The van der Waals surface area contributed by atoms with Crippen molar-refractivity contribution in [3.63, 3.8) is 0 Å². The Kier molecular flexibility index (Phi) is 3.41. The van der Waals surface area contributed by atoms with Gasteiger partial charge in [-0.1, -0.05) is 11.6 Å². The van der Waals surface area contributed by atoms with E-state index in [2.05, 4.69) is 15.6 Å². The number of anilines is 1. The van der Waals surface area contributed by atoms with Crippen molar-refractivity contribution >= 4 is 17.3 Å². The van der Waals surface area contributed by atoms with E-state index in [0.29, 0.717) is 5.02 Å². The fourth-order valence-electron chi connectivity index (χ4n) is 1.74. The van der Waals surface area contributed by atoms with Gasteiger partial charge in [0, 0.05) is 32.6 Å². The highest BCUT2D eigenvalue weighted by atomic mass is 35.5. The number of rotatable bonds is 3.